The molecule has 30 heavy (non-hydrogen) atoms. The number of benzene rings is 2. The Morgan fingerprint density at radius 3 is 2.60 bits per heavy atom. The van der Waals surface area contributed by atoms with E-state index < -0.39 is 10.0 Å². The highest BCUT2D eigenvalue weighted by molar-refractivity contribution is 7.92. The summed E-state index contributed by atoms with van der Waals surface area (Å²) in [6.07, 6.45) is 1.32. The van der Waals surface area contributed by atoms with Gasteiger partial charge in [0.25, 0.3) is 0 Å². The second kappa shape index (κ2) is 9.76. The molecule has 0 spiro atoms. The van der Waals surface area contributed by atoms with Crippen LogP contribution in [0.5, 0.6) is 11.5 Å². The van der Waals surface area contributed by atoms with Gasteiger partial charge >= 0.3 is 0 Å². The maximum absolute atomic E-state index is 12.2. The Balaban J connectivity index is 1.48. The van der Waals surface area contributed by atoms with Crippen molar-refractivity contribution in [2.45, 2.75) is 18.9 Å². The number of amides is 1. The Morgan fingerprint density at radius 1 is 1.17 bits per heavy atom. The van der Waals surface area contributed by atoms with E-state index in [4.69, 9.17) is 32.7 Å². The van der Waals surface area contributed by atoms with Crippen molar-refractivity contribution in [3.8, 4) is 11.5 Å². The lowest BCUT2D eigenvalue weighted by atomic mass is 10.2. The topological polar surface area (TPSA) is 84.9 Å². The molecule has 0 bridgehead atoms. The summed E-state index contributed by atoms with van der Waals surface area (Å²) < 4.78 is 36.9. The van der Waals surface area contributed by atoms with Crippen LogP contribution in [0.3, 0.4) is 0 Å². The van der Waals surface area contributed by atoms with Gasteiger partial charge in [-0.3, -0.25) is 9.10 Å². The van der Waals surface area contributed by atoms with Gasteiger partial charge in [-0.05, 0) is 36.8 Å². The van der Waals surface area contributed by atoms with E-state index in [-0.39, 0.29) is 30.0 Å². The van der Waals surface area contributed by atoms with Crippen molar-refractivity contribution in [2.24, 2.45) is 0 Å². The highest BCUT2D eigenvalue weighted by Gasteiger charge is 2.22. The van der Waals surface area contributed by atoms with E-state index in [0.717, 1.165) is 6.26 Å². The van der Waals surface area contributed by atoms with Gasteiger partial charge in [0, 0.05) is 13.0 Å². The molecule has 0 radical (unpaired) electrons. The molecule has 0 unspecified atom stereocenters. The number of carbonyl (C=O) groups excluding carboxylic acids is 1. The van der Waals surface area contributed by atoms with Crippen LogP contribution < -0.4 is 19.1 Å². The molecule has 10 heteroatoms. The van der Waals surface area contributed by atoms with Crippen LogP contribution in [-0.2, 0) is 14.8 Å². The average molecular weight is 473 g/mol. The third-order valence-electron chi connectivity index (χ3n) is 4.45. The van der Waals surface area contributed by atoms with E-state index in [1.54, 1.807) is 6.07 Å². The molecule has 1 heterocycles. The fourth-order valence-corrected chi connectivity index (χ4v) is 4.24. The minimum Gasteiger partial charge on any atom is -0.486 e. The Kier molecular flexibility index (Phi) is 7.33. The van der Waals surface area contributed by atoms with Crippen molar-refractivity contribution in [1.29, 1.82) is 0 Å². The predicted octanol–water partition coefficient (Wildman–Crippen LogP) is 3.50. The molecule has 0 aliphatic carbocycles. The Morgan fingerprint density at radius 2 is 1.90 bits per heavy atom. The highest BCUT2D eigenvalue weighted by atomic mass is 35.5. The first-order valence-electron chi connectivity index (χ1n) is 9.32. The number of ether oxygens (including phenoxy) is 2. The van der Waals surface area contributed by atoms with E-state index in [1.165, 1.54) is 16.4 Å². The van der Waals surface area contributed by atoms with Gasteiger partial charge in [0.2, 0.25) is 15.9 Å². The van der Waals surface area contributed by atoms with Gasteiger partial charge < -0.3 is 14.8 Å². The van der Waals surface area contributed by atoms with Gasteiger partial charge in [-0.25, -0.2) is 8.42 Å². The third-order valence-corrected chi connectivity index (χ3v) is 6.38. The summed E-state index contributed by atoms with van der Waals surface area (Å²) in [6, 6.07) is 12.0. The largest absolute Gasteiger partial charge is 0.486 e. The van der Waals surface area contributed by atoms with Crippen LogP contribution in [0.4, 0.5) is 5.69 Å². The summed E-state index contributed by atoms with van der Waals surface area (Å²) in [5.41, 5.74) is 0.402. The Labute approximate surface area is 185 Å². The number of nitrogens with one attached hydrogen (secondary N) is 1. The lowest BCUT2D eigenvalue weighted by molar-refractivity contribution is -0.121. The Bertz CT molecular complexity index is 1020. The zero-order valence-electron chi connectivity index (χ0n) is 16.3. The molecular weight excluding hydrogens is 451 g/mol. The van der Waals surface area contributed by atoms with Crippen molar-refractivity contribution in [3.05, 3.63) is 52.5 Å². The molecule has 0 aromatic heterocycles. The second-order valence-electron chi connectivity index (χ2n) is 6.84. The summed E-state index contributed by atoms with van der Waals surface area (Å²) in [5, 5.41) is 3.40. The number of sulfonamides is 1. The number of anilines is 1. The number of hydrogen-bond acceptors (Lipinski definition) is 5. The molecule has 1 aliphatic heterocycles. The van der Waals surface area contributed by atoms with Crippen molar-refractivity contribution in [3.63, 3.8) is 0 Å². The van der Waals surface area contributed by atoms with Crippen molar-refractivity contribution < 1.29 is 22.7 Å². The number of hydrogen-bond donors (Lipinski definition) is 1. The number of fused-ring (bicyclic) bond motifs is 1. The minimum absolute atomic E-state index is 0.140. The molecule has 0 fully saturated rings. The van der Waals surface area contributed by atoms with Gasteiger partial charge in [-0.15, -0.1) is 0 Å². The number of rotatable bonds is 8. The molecule has 1 atom stereocenters. The zero-order valence-corrected chi connectivity index (χ0v) is 18.6. The van der Waals surface area contributed by atoms with Crippen molar-refractivity contribution in [1.82, 2.24) is 5.32 Å². The fraction of sp³-hybridized carbons (Fsp3) is 0.350. The number of para-hydroxylation sites is 2. The first kappa shape index (κ1) is 22.5. The molecule has 2 aromatic carbocycles. The van der Waals surface area contributed by atoms with Crippen LogP contribution in [-0.4, -0.2) is 46.4 Å². The van der Waals surface area contributed by atoms with E-state index in [1.807, 2.05) is 24.3 Å². The first-order chi connectivity index (χ1) is 14.2. The van der Waals surface area contributed by atoms with Crippen LogP contribution in [0.15, 0.2) is 42.5 Å². The summed E-state index contributed by atoms with van der Waals surface area (Å²) in [6.45, 7) is 0.785. The molecule has 1 aliphatic rings. The van der Waals surface area contributed by atoms with Crippen molar-refractivity contribution in [2.75, 3.05) is 30.3 Å². The Hall–Kier alpha value is -2.16. The van der Waals surface area contributed by atoms with E-state index in [0.29, 0.717) is 41.8 Å². The van der Waals surface area contributed by atoms with Crippen LogP contribution in [0, 0.1) is 0 Å². The number of carbonyl (C=O) groups is 1. The fourth-order valence-electron chi connectivity index (χ4n) is 2.99. The van der Waals surface area contributed by atoms with Crippen LogP contribution >= 0.6 is 23.2 Å². The zero-order chi connectivity index (χ0) is 21.7. The molecule has 1 amide bonds. The van der Waals surface area contributed by atoms with E-state index >= 15 is 0 Å². The number of halogens is 2. The normalized spacial score (nSPS) is 15.5. The predicted molar refractivity (Wildman–Crippen MR) is 117 cm³/mol. The van der Waals surface area contributed by atoms with E-state index in [2.05, 4.69) is 5.32 Å². The molecular formula is C20H22Cl2N2O5S. The second-order valence-corrected chi connectivity index (χ2v) is 9.56. The van der Waals surface area contributed by atoms with Crippen LogP contribution in [0.2, 0.25) is 10.0 Å². The van der Waals surface area contributed by atoms with E-state index in [9.17, 15) is 13.2 Å². The molecule has 7 nitrogen and oxygen atoms in total. The lowest BCUT2D eigenvalue weighted by Crippen LogP contribution is -2.41. The lowest BCUT2D eigenvalue weighted by Gasteiger charge is -2.26. The summed E-state index contributed by atoms with van der Waals surface area (Å²) >= 11 is 11.9. The maximum Gasteiger partial charge on any atom is 0.232 e. The molecule has 3 rings (SSSR count). The van der Waals surface area contributed by atoms with Gasteiger partial charge in [-0.1, -0.05) is 35.3 Å². The molecule has 0 saturated heterocycles. The number of nitrogens with zero attached hydrogens (tertiary/aromatic N) is 1. The highest BCUT2D eigenvalue weighted by Crippen LogP contribution is 2.31. The quantitative estimate of drug-likeness (QED) is 0.635. The monoisotopic (exact) mass is 472 g/mol. The smallest absolute Gasteiger partial charge is 0.232 e. The van der Waals surface area contributed by atoms with Crippen molar-refractivity contribution >= 4 is 44.8 Å². The van der Waals surface area contributed by atoms with Gasteiger partial charge in [-0.2, -0.15) is 0 Å². The molecule has 2 aromatic rings. The SMILES string of the molecule is CS(=O)(=O)N(CCCC(=O)NC[C@H]1COc2ccccc2O1)c1ccc(Cl)c(Cl)c1. The standard InChI is InChI=1S/C20H22Cl2N2O5S/c1-30(26,27)24(14-8-9-16(21)17(22)11-14)10-4-7-20(25)23-12-15-13-28-18-5-2-3-6-19(18)29-15/h2-3,5-6,8-9,11,15H,4,7,10,12-13H2,1H3,(H,23,25)/t15-/m0/s1. The first-order valence-corrected chi connectivity index (χ1v) is 11.9. The summed E-state index contributed by atoms with van der Waals surface area (Å²) in [5.74, 6) is 1.14. The van der Waals surface area contributed by atoms with Gasteiger partial charge in [0.05, 0.1) is 28.5 Å². The van der Waals surface area contributed by atoms with Gasteiger partial charge in [0.15, 0.2) is 11.5 Å². The average Bonchev–Trinajstić information content (AvgIpc) is 2.71. The summed E-state index contributed by atoms with van der Waals surface area (Å²) in [7, 11) is -3.54. The minimum atomic E-state index is -3.54. The van der Waals surface area contributed by atoms with Gasteiger partial charge in [0.1, 0.15) is 12.7 Å². The van der Waals surface area contributed by atoms with Crippen LogP contribution in [0.1, 0.15) is 12.8 Å². The summed E-state index contributed by atoms with van der Waals surface area (Å²) in [4.78, 5) is 12.2. The molecule has 162 valence electrons. The van der Waals surface area contributed by atoms with Crippen LogP contribution in [0.25, 0.3) is 0 Å². The maximum atomic E-state index is 12.2. The molecule has 0 saturated carbocycles. The molecule has 1 N–H and O–H groups in total. The third kappa shape index (κ3) is 5.93.